The van der Waals surface area contributed by atoms with Crippen LogP contribution in [0.2, 0.25) is 23.2 Å². The molecule has 0 radical (unpaired) electrons. The molecule has 0 saturated heterocycles. The van der Waals surface area contributed by atoms with Gasteiger partial charge in [-0.25, -0.2) is 0 Å². The zero-order valence-corrected chi connectivity index (χ0v) is 26.8. The van der Waals surface area contributed by atoms with Gasteiger partial charge in [0.05, 0.1) is 0 Å². The number of hydrogen-bond donors (Lipinski definition) is 0. The highest BCUT2D eigenvalue weighted by molar-refractivity contribution is 6.99. The third kappa shape index (κ3) is 8.15. The summed E-state index contributed by atoms with van der Waals surface area (Å²) < 4.78 is 14.2. The summed E-state index contributed by atoms with van der Waals surface area (Å²) in [4.78, 5) is 0. The van der Waals surface area contributed by atoms with Gasteiger partial charge in [-0.2, -0.15) is 0 Å². The lowest BCUT2D eigenvalue weighted by Crippen LogP contribution is -2.67. The zero-order chi connectivity index (χ0) is 26.9. The van der Waals surface area contributed by atoms with Crippen LogP contribution in [0, 0.1) is 0 Å². The van der Waals surface area contributed by atoms with Crippen molar-refractivity contribution in [3.8, 4) is 0 Å². The number of unbranched alkanes of at least 4 members (excludes halogenated alkanes) is 4. The average molecular weight is 527 g/mol. The minimum Gasteiger partial charge on any atom is -0.417 e. The summed E-state index contributed by atoms with van der Waals surface area (Å²) in [5.74, 6) is 0. The highest BCUT2D eigenvalue weighted by Crippen LogP contribution is 2.39. The Hall–Kier alpha value is -1.21. The van der Waals surface area contributed by atoms with Gasteiger partial charge in [-0.3, -0.25) is 0 Å². The molecule has 0 spiro atoms. The van der Waals surface area contributed by atoms with Gasteiger partial charge in [0.1, 0.15) is 0 Å². The number of benzene rings is 2. The first-order valence-corrected chi connectivity index (χ1v) is 19.1. The molecule has 0 amide bonds. The Labute approximate surface area is 225 Å². The van der Waals surface area contributed by atoms with Gasteiger partial charge in [0.25, 0.3) is 8.32 Å². The minimum atomic E-state index is -2.56. The van der Waals surface area contributed by atoms with Crippen molar-refractivity contribution in [1.29, 1.82) is 0 Å². The fraction of sp³-hybridized carbons (Fsp3) is 0.625. The van der Waals surface area contributed by atoms with Crippen molar-refractivity contribution >= 4 is 27.0 Å². The van der Waals surface area contributed by atoms with Gasteiger partial charge in [0.15, 0.2) is 8.32 Å². The maximum absolute atomic E-state index is 7.56. The lowest BCUT2D eigenvalue weighted by atomic mass is 10.1. The molecule has 4 heteroatoms. The molecule has 1 atom stereocenters. The Balaban J connectivity index is 2.40. The summed E-state index contributed by atoms with van der Waals surface area (Å²) in [5, 5.41) is 2.95. The standard InChI is InChI=1S/C32H54O2Si2/c1-10-11-12-13-16-21-28(26-27-33-35(8,9)31(2,3)4)34-36(32(5,6)7,29-22-17-14-18-23-29)30-24-19-15-20-25-30/h14-15,17-20,22-25,28H,10-13,16,21,26-27H2,1-9H3/t28-/m0/s1. The highest BCUT2D eigenvalue weighted by Gasteiger charge is 2.51. The molecule has 2 aromatic carbocycles. The second-order valence-electron chi connectivity index (χ2n) is 13.0. The summed E-state index contributed by atoms with van der Waals surface area (Å²) in [6.45, 7) is 21.9. The molecule has 0 aromatic heterocycles. The molecule has 0 unspecified atom stereocenters. The van der Waals surface area contributed by atoms with Crippen LogP contribution in [0.15, 0.2) is 60.7 Å². The van der Waals surface area contributed by atoms with E-state index in [0.29, 0.717) is 0 Å². The highest BCUT2D eigenvalue weighted by atomic mass is 28.4. The molecule has 0 aliphatic heterocycles. The van der Waals surface area contributed by atoms with Gasteiger partial charge in [-0.05, 0) is 46.4 Å². The van der Waals surface area contributed by atoms with Crippen LogP contribution in [0.1, 0.15) is 93.4 Å². The van der Waals surface area contributed by atoms with E-state index in [-0.39, 0.29) is 16.2 Å². The van der Waals surface area contributed by atoms with Gasteiger partial charge < -0.3 is 8.85 Å². The van der Waals surface area contributed by atoms with Crippen molar-refractivity contribution in [2.24, 2.45) is 0 Å². The summed E-state index contributed by atoms with van der Waals surface area (Å²) in [6.07, 6.45) is 8.71. The van der Waals surface area contributed by atoms with E-state index in [0.717, 1.165) is 19.4 Å². The molecule has 2 nitrogen and oxygen atoms in total. The zero-order valence-electron chi connectivity index (χ0n) is 24.8. The molecule has 0 aliphatic rings. The fourth-order valence-corrected chi connectivity index (χ4v) is 10.7. The molecular formula is C32H54O2Si2. The molecule has 36 heavy (non-hydrogen) atoms. The quantitative estimate of drug-likeness (QED) is 0.181. The number of rotatable bonds is 14. The van der Waals surface area contributed by atoms with E-state index >= 15 is 0 Å². The van der Waals surface area contributed by atoms with Gasteiger partial charge in [0, 0.05) is 12.7 Å². The van der Waals surface area contributed by atoms with E-state index in [2.05, 4.69) is 122 Å². The molecule has 2 rings (SSSR count). The van der Waals surface area contributed by atoms with Gasteiger partial charge in [-0.1, -0.05) is 141 Å². The van der Waals surface area contributed by atoms with Crippen molar-refractivity contribution < 1.29 is 8.85 Å². The van der Waals surface area contributed by atoms with Crippen molar-refractivity contribution in [2.75, 3.05) is 6.61 Å². The second-order valence-corrected chi connectivity index (χ2v) is 22.1. The van der Waals surface area contributed by atoms with Crippen LogP contribution in [-0.2, 0) is 8.85 Å². The molecule has 2 aromatic rings. The summed E-state index contributed by atoms with van der Waals surface area (Å²) in [7, 11) is -4.35. The lowest BCUT2D eigenvalue weighted by Gasteiger charge is -2.45. The second kappa shape index (κ2) is 13.5. The Morgan fingerprint density at radius 1 is 0.667 bits per heavy atom. The van der Waals surface area contributed by atoms with Crippen LogP contribution >= 0.6 is 0 Å². The predicted molar refractivity (Wildman–Crippen MR) is 164 cm³/mol. The molecule has 202 valence electrons. The topological polar surface area (TPSA) is 18.5 Å². The Kier molecular flexibility index (Phi) is 11.7. The van der Waals surface area contributed by atoms with Crippen LogP contribution in [-0.4, -0.2) is 29.3 Å². The van der Waals surface area contributed by atoms with Crippen molar-refractivity contribution in [3.63, 3.8) is 0 Å². The van der Waals surface area contributed by atoms with Gasteiger partial charge >= 0.3 is 0 Å². The van der Waals surface area contributed by atoms with Crippen LogP contribution in [0.5, 0.6) is 0 Å². The molecular weight excluding hydrogens is 473 g/mol. The van der Waals surface area contributed by atoms with E-state index < -0.39 is 16.6 Å². The van der Waals surface area contributed by atoms with E-state index in [9.17, 15) is 0 Å². The first-order valence-electron chi connectivity index (χ1n) is 14.3. The van der Waals surface area contributed by atoms with Crippen molar-refractivity contribution in [3.05, 3.63) is 60.7 Å². The largest absolute Gasteiger partial charge is 0.417 e. The average Bonchev–Trinajstić information content (AvgIpc) is 2.81. The molecule has 0 bridgehead atoms. The van der Waals surface area contributed by atoms with Crippen LogP contribution in [0.3, 0.4) is 0 Å². The van der Waals surface area contributed by atoms with E-state index in [1.54, 1.807) is 0 Å². The van der Waals surface area contributed by atoms with E-state index in [1.807, 2.05) is 0 Å². The van der Waals surface area contributed by atoms with Crippen molar-refractivity contribution in [1.82, 2.24) is 0 Å². The SMILES string of the molecule is CCCCCCC[C@@H](CCO[Si](C)(C)C(C)(C)C)O[Si](c1ccccc1)(c1ccccc1)C(C)(C)C. The Morgan fingerprint density at radius 3 is 1.61 bits per heavy atom. The Bertz CT molecular complexity index is 827. The van der Waals surface area contributed by atoms with Gasteiger partial charge in [-0.15, -0.1) is 0 Å². The van der Waals surface area contributed by atoms with E-state index in [4.69, 9.17) is 8.85 Å². The van der Waals surface area contributed by atoms with Crippen LogP contribution in [0.25, 0.3) is 0 Å². The minimum absolute atomic E-state index is 0.00352. The lowest BCUT2D eigenvalue weighted by molar-refractivity contribution is 0.135. The molecule has 0 saturated carbocycles. The molecule has 0 N–H and O–H groups in total. The van der Waals surface area contributed by atoms with Crippen LogP contribution in [0.4, 0.5) is 0 Å². The first-order chi connectivity index (χ1) is 16.8. The van der Waals surface area contributed by atoms with E-state index in [1.165, 1.54) is 42.5 Å². The summed E-state index contributed by atoms with van der Waals surface area (Å²) in [5.41, 5.74) is 0. The third-order valence-electron chi connectivity index (χ3n) is 8.10. The fourth-order valence-electron chi connectivity index (χ4n) is 4.84. The normalized spacial score (nSPS) is 14.1. The van der Waals surface area contributed by atoms with Crippen molar-refractivity contribution in [2.45, 2.75) is 123 Å². The van der Waals surface area contributed by atoms with Gasteiger partial charge in [0.2, 0.25) is 0 Å². The summed E-state index contributed by atoms with van der Waals surface area (Å²) >= 11 is 0. The smallest absolute Gasteiger partial charge is 0.261 e. The van der Waals surface area contributed by atoms with Crippen LogP contribution < -0.4 is 10.4 Å². The molecule has 0 aliphatic carbocycles. The number of hydrogen-bond acceptors (Lipinski definition) is 2. The maximum atomic E-state index is 7.56. The first kappa shape index (κ1) is 31.0. The molecule has 0 fully saturated rings. The predicted octanol–water partition coefficient (Wildman–Crippen LogP) is 8.70. The monoisotopic (exact) mass is 526 g/mol. The Morgan fingerprint density at radius 2 is 1.17 bits per heavy atom. The maximum Gasteiger partial charge on any atom is 0.261 e. The summed E-state index contributed by atoms with van der Waals surface area (Å²) in [6, 6.07) is 22.1. The third-order valence-corrected chi connectivity index (χ3v) is 17.7. The molecule has 0 heterocycles.